The first-order chi connectivity index (χ1) is 11.2. The van der Waals surface area contributed by atoms with Crippen molar-refractivity contribution in [2.75, 3.05) is 33.0 Å². The monoisotopic (exact) mass is 320 g/mol. The summed E-state index contributed by atoms with van der Waals surface area (Å²) in [7, 11) is 0. The van der Waals surface area contributed by atoms with E-state index >= 15 is 0 Å². The number of hydrogen-bond donors (Lipinski definition) is 1. The summed E-state index contributed by atoms with van der Waals surface area (Å²) in [6.07, 6.45) is 3.27. The average molecular weight is 320 g/mol. The summed E-state index contributed by atoms with van der Waals surface area (Å²) in [6, 6.07) is 5.59. The number of hydrogen-bond acceptors (Lipinski definition) is 6. The maximum atomic E-state index is 11.0. The second-order valence-corrected chi connectivity index (χ2v) is 5.63. The predicted octanol–water partition coefficient (Wildman–Crippen LogP) is 1.56. The molecule has 1 N–H and O–H groups in total. The van der Waals surface area contributed by atoms with Crippen LogP contribution in [-0.4, -0.2) is 55.2 Å². The van der Waals surface area contributed by atoms with Gasteiger partial charge in [-0.05, 0) is 31.5 Å². The molecule has 0 saturated carbocycles. The third-order valence-electron chi connectivity index (χ3n) is 4.05. The molecular formula is C16H20N2O5. The number of carboxylic acids is 1. The van der Waals surface area contributed by atoms with Crippen molar-refractivity contribution in [2.24, 2.45) is 11.1 Å². The quantitative estimate of drug-likeness (QED) is 0.487. The molecule has 1 unspecified atom stereocenters. The molecular weight excluding hydrogens is 300 g/mol. The Morgan fingerprint density at radius 3 is 3.26 bits per heavy atom. The lowest BCUT2D eigenvalue weighted by atomic mass is 9.98. The highest BCUT2D eigenvalue weighted by Crippen LogP contribution is 2.34. The maximum absolute atomic E-state index is 11.0. The van der Waals surface area contributed by atoms with Gasteiger partial charge in [-0.2, -0.15) is 0 Å². The number of fused-ring (bicyclic) bond motifs is 1. The van der Waals surface area contributed by atoms with E-state index in [0.29, 0.717) is 31.2 Å². The molecule has 7 heteroatoms. The molecule has 124 valence electrons. The number of oxime groups is 1. The second kappa shape index (κ2) is 7.32. The van der Waals surface area contributed by atoms with Crippen LogP contribution in [0.15, 0.2) is 23.4 Å². The topological polar surface area (TPSA) is 80.6 Å². The van der Waals surface area contributed by atoms with Crippen molar-refractivity contribution in [3.05, 3.63) is 23.8 Å². The van der Waals surface area contributed by atoms with Crippen molar-refractivity contribution in [3.8, 4) is 11.5 Å². The zero-order valence-electron chi connectivity index (χ0n) is 12.8. The zero-order chi connectivity index (χ0) is 16.1. The molecule has 0 spiro atoms. The van der Waals surface area contributed by atoms with Gasteiger partial charge in [0.05, 0.1) is 12.1 Å². The zero-order valence-corrected chi connectivity index (χ0v) is 12.8. The van der Waals surface area contributed by atoms with E-state index in [1.807, 2.05) is 18.2 Å². The van der Waals surface area contributed by atoms with Gasteiger partial charge in [0.15, 0.2) is 11.5 Å². The SMILES string of the molecule is O=C(O)C1CCCN(CCO/N=C/c2cccc3c2OCO3)C1. The third kappa shape index (κ3) is 3.92. The molecule has 1 atom stereocenters. The number of aliphatic carboxylic acids is 1. The first-order valence-corrected chi connectivity index (χ1v) is 7.73. The van der Waals surface area contributed by atoms with Crippen LogP contribution in [0.3, 0.4) is 0 Å². The Labute approximate surface area is 134 Å². The number of piperidine rings is 1. The van der Waals surface area contributed by atoms with Gasteiger partial charge in [-0.3, -0.25) is 9.69 Å². The van der Waals surface area contributed by atoms with Crippen molar-refractivity contribution in [3.63, 3.8) is 0 Å². The lowest BCUT2D eigenvalue weighted by Crippen LogP contribution is -2.40. The number of likely N-dealkylation sites (tertiary alicyclic amines) is 1. The van der Waals surface area contributed by atoms with Gasteiger partial charge in [0, 0.05) is 18.7 Å². The fourth-order valence-electron chi connectivity index (χ4n) is 2.83. The minimum absolute atomic E-state index is 0.223. The van der Waals surface area contributed by atoms with Crippen LogP contribution < -0.4 is 9.47 Å². The van der Waals surface area contributed by atoms with Crippen LogP contribution in [-0.2, 0) is 9.63 Å². The molecule has 0 radical (unpaired) electrons. The molecule has 0 amide bonds. The molecule has 1 aromatic carbocycles. The molecule has 1 fully saturated rings. The lowest BCUT2D eigenvalue weighted by molar-refractivity contribution is -0.143. The Kier molecular flexibility index (Phi) is 4.97. The minimum Gasteiger partial charge on any atom is -0.481 e. The third-order valence-corrected chi connectivity index (χ3v) is 4.05. The Bertz CT molecular complexity index is 590. The van der Waals surface area contributed by atoms with Gasteiger partial charge in [-0.1, -0.05) is 11.2 Å². The Balaban J connectivity index is 1.43. The number of benzene rings is 1. The van der Waals surface area contributed by atoms with E-state index in [1.54, 1.807) is 6.21 Å². The van der Waals surface area contributed by atoms with Crippen LogP contribution in [0.25, 0.3) is 0 Å². The summed E-state index contributed by atoms with van der Waals surface area (Å²) < 4.78 is 10.7. The highest BCUT2D eigenvalue weighted by molar-refractivity contribution is 5.84. The van der Waals surface area contributed by atoms with E-state index in [-0.39, 0.29) is 12.7 Å². The van der Waals surface area contributed by atoms with Crippen LogP contribution in [0.5, 0.6) is 11.5 Å². The number of para-hydroxylation sites is 1. The smallest absolute Gasteiger partial charge is 0.307 e. The molecule has 23 heavy (non-hydrogen) atoms. The molecule has 2 heterocycles. The van der Waals surface area contributed by atoms with E-state index in [9.17, 15) is 4.79 Å². The van der Waals surface area contributed by atoms with Crippen molar-refractivity contribution in [2.45, 2.75) is 12.8 Å². The van der Waals surface area contributed by atoms with Crippen molar-refractivity contribution >= 4 is 12.2 Å². The first-order valence-electron chi connectivity index (χ1n) is 7.73. The van der Waals surface area contributed by atoms with Crippen LogP contribution in [0.2, 0.25) is 0 Å². The van der Waals surface area contributed by atoms with E-state index in [4.69, 9.17) is 19.4 Å². The molecule has 0 bridgehead atoms. The number of carbonyl (C=O) groups is 1. The standard InChI is InChI=1S/C16H20N2O5/c19-16(20)13-4-2-6-18(10-13)7-8-23-17-9-12-3-1-5-14-15(12)22-11-21-14/h1,3,5,9,13H,2,4,6-8,10-11H2,(H,19,20)/b17-9+. The fraction of sp³-hybridized carbons (Fsp3) is 0.500. The van der Waals surface area contributed by atoms with Gasteiger partial charge in [-0.15, -0.1) is 0 Å². The molecule has 1 aromatic rings. The van der Waals surface area contributed by atoms with Crippen LogP contribution >= 0.6 is 0 Å². The van der Waals surface area contributed by atoms with Gasteiger partial charge in [-0.25, -0.2) is 0 Å². The van der Waals surface area contributed by atoms with Crippen LogP contribution in [0, 0.1) is 5.92 Å². The van der Waals surface area contributed by atoms with Crippen LogP contribution in [0.1, 0.15) is 18.4 Å². The molecule has 7 nitrogen and oxygen atoms in total. The summed E-state index contributed by atoms with van der Waals surface area (Å²) in [5.41, 5.74) is 0.809. The van der Waals surface area contributed by atoms with Crippen molar-refractivity contribution in [1.29, 1.82) is 0 Å². The summed E-state index contributed by atoms with van der Waals surface area (Å²) in [6.45, 7) is 2.82. The lowest BCUT2D eigenvalue weighted by Gasteiger charge is -2.29. The Morgan fingerprint density at radius 1 is 1.48 bits per heavy atom. The maximum Gasteiger partial charge on any atom is 0.307 e. The van der Waals surface area contributed by atoms with E-state index < -0.39 is 5.97 Å². The largest absolute Gasteiger partial charge is 0.481 e. The number of ether oxygens (including phenoxy) is 2. The summed E-state index contributed by atoms with van der Waals surface area (Å²) >= 11 is 0. The molecule has 0 aromatic heterocycles. The molecule has 2 aliphatic rings. The molecule has 1 saturated heterocycles. The van der Waals surface area contributed by atoms with Gasteiger partial charge in [0.1, 0.15) is 6.61 Å². The summed E-state index contributed by atoms with van der Waals surface area (Å²) in [5, 5.41) is 13.0. The average Bonchev–Trinajstić information content (AvgIpc) is 3.04. The van der Waals surface area contributed by atoms with Crippen molar-refractivity contribution in [1.82, 2.24) is 4.90 Å². The van der Waals surface area contributed by atoms with Gasteiger partial charge in [0.25, 0.3) is 0 Å². The second-order valence-electron chi connectivity index (χ2n) is 5.63. The Hall–Kier alpha value is -2.28. The molecule has 2 aliphatic heterocycles. The number of rotatable bonds is 6. The predicted molar refractivity (Wildman–Crippen MR) is 82.9 cm³/mol. The number of carboxylic acid groups (broad SMARTS) is 1. The van der Waals surface area contributed by atoms with E-state index in [1.165, 1.54) is 0 Å². The van der Waals surface area contributed by atoms with Crippen molar-refractivity contribution < 1.29 is 24.2 Å². The highest BCUT2D eigenvalue weighted by Gasteiger charge is 2.24. The summed E-state index contributed by atoms with van der Waals surface area (Å²) in [4.78, 5) is 18.4. The molecule has 0 aliphatic carbocycles. The Morgan fingerprint density at radius 2 is 2.39 bits per heavy atom. The van der Waals surface area contributed by atoms with Gasteiger partial charge < -0.3 is 19.4 Å². The minimum atomic E-state index is -0.714. The summed E-state index contributed by atoms with van der Waals surface area (Å²) in [5.74, 6) is 0.409. The van der Waals surface area contributed by atoms with Gasteiger partial charge >= 0.3 is 5.97 Å². The van der Waals surface area contributed by atoms with E-state index in [0.717, 1.165) is 24.9 Å². The van der Waals surface area contributed by atoms with Gasteiger partial charge in [0.2, 0.25) is 6.79 Å². The van der Waals surface area contributed by atoms with Crippen LogP contribution in [0.4, 0.5) is 0 Å². The number of nitrogens with zero attached hydrogens (tertiary/aromatic N) is 2. The first kappa shape index (κ1) is 15.6. The molecule has 3 rings (SSSR count). The van der Waals surface area contributed by atoms with E-state index in [2.05, 4.69) is 10.1 Å². The normalized spacial score (nSPS) is 20.8. The highest BCUT2D eigenvalue weighted by atomic mass is 16.7. The fourth-order valence-corrected chi connectivity index (χ4v) is 2.83.